The molecule has 0 saturated heterocycles. The fraction of sp³-hybridized carbons (Fsp3) is 0.143. The van der Waals surface area contributed by atoms with E-state index >= 15 is 0 Å². The molecule has 0 aliphatic carbocycles. The van der Waals surface area contributed by atoms with Gasteiger partial charge in [0, 0.05) is 21.1 Å². The van der Waals surface area contributed by atoms with E-state index in [2.05, 4.69) is 0 Å². The van der Waals surface area contributed by atoms with Crippen LogP contribution in [0.15, 0.2) is 41.3 Å². The molecule has 0 aliphatic rings. The van der Waals surface area contributed by atoms with Crippen LogP contribution in [0.25, 0.3) is 10.8 Å². The molecule has 0 saturated carbocycles. The maximum Gasteiger partial charge on any atom is 0.0721 e. The van der Waals surface area contributed by atoms with E-state index in [1.165, 1.54) is 13.0 Å². The van der Waals surface area contributed by atoms with Gasteiger partial charge >= 0.3 is 0 Å². The van der Waals surface area contributed by atoms with Crippen molar-refractivity contribution in [3.8, 4) is 0 Å². The Balaban J connectivity index is 2.61. The summed E-state index contributed by atoms with van der Waals surface area (Å²) in [5, 5.41) is 22.4. The predicted molar refractivity (Wildman–Crippen MR) is 68.6 cm³/mol. The number of carboxylic acid groups (broad SMARTS) is 2. The molecule has 0 aliphatic heterocycles. The number of hydrogen-bond donors (Lipinski definition) is 0. The highest BCUT2D eigenvalue weighted by Crippen LogP contribution is 2.32. The number of aliphatic carboxylic acids is 1. The van der Waals surface area contributed by atoms with Gasteiger partial charge in [-0.3, -0.25) is 0 Å². The van der Waals surface area contributed by atoms with Crippen molar-refractivity contribution in [1.29, 1.82) is 0 Å². The molecule has 0 fully saturated rings. The molecular weight excluding hydrogens is 264 g/mol. The molecule has 0 unspecified atom stereocenters. The Kier molecular flexibility index (Phi) is 3.76. The zero-order valence-corrected chi connectivity index (χ0v) is 10.9. The molecule has 19 heavy (non-hydrogen) atoms. The lowest BCUT2D eigenvalue weighted by Gasteiger charge is -2.16. The van der Waals surface area contributed by atoms with Crippen molar-refractivity contribution in [3.63, 3.8) is 0 Å². The number of hydrogen-bond acceptors (Lipinski definition) is 5. The number of carbonyl (C=O) groups excluding carboxylic acids is 2. The molecule has 0 bridgehead atoms. The average Bonchev–Trinajstić information content (AvgIpc) is 2.38. The summed E-state index contributed by atoms with van der Waals surface area (Å²) in [4.78, 5) is 22.5. The van der Waals surface area contributed by atoms with Crippen LogP contribution in [-0.2, 0) is 4.79 Å². The number of carbonyl (C=O) groups is 2. The Bertz CT molecular complexity index is 646. The van der Waals surface area contributed by atoms with Crippen LogP contribution in [0.5, 0.6) is 0 Å². The predicted octanol–water partition coefficient (Wildman–Crippen LogP) is 0.434. The summed E-state index contributed by atoms with van der Waals surface area (Å²) < 4.78 is 0. The van der Waals surface area contributed by atoms with E-state index in [4.69, 9.17) is 0 Å². The Labute approximate surface area is 114 Å². The summed E-state index contributed by atoms with van der Waals surface area (Å²) in [6, 6.07) is 10.1. The van der Waals surface area contributed by atoms with E-state index in [-0.39, 0.29) is 5.56 Å². The minimum Gasteiger partial charge on any atom is -0.549 e. The summed E-state index contributed by atoms with van der Waals surface area (Å²) in [7, 11) is 0. The second kappa shape index (κ2) is 5.32. The summed E-state index contributed by atoms with van der Waals surface area (Å²) in [6.45, 7) is 1.50. The normalized spacial score (nSPS) is 12.3. The molecule has 0 aromatic heterocycles. The first-order valence-electron chi connectivity index (χ1n) is 5.61. The average molecular weight is 274 g/mol. The van der Waals surface area contributed by atoms with Crippen molar-refractivity contribution in [1.82, 2.24) is 0 Å². The first-order chi connectivity index (χ1) is 9.00. The van der Waals surface area contributed by atoms with Crippen molar-refractivity contribution < 1.29 is 19.8 Å². The molecule has 0 spiro atoms. The molecule has 0 amide bonds. The van der Waals surface area contributed by atoms with Crippen molar-refractivity contribution in [2.45, 2.75) is 17.1 Å². The number of benzene rings is 2. The van der Waals surface area contributed by atoms with Gasteiger partial charge in [-0.15, -0.1) is 11.8 Å². The lowest BCUT2D eigenvalue weighted by atomic mass is 10.0. The quantitative estimate of drug-likeness (QED) is 0.755. The number of carboxylic acids is 2. The maximum absolute atomic E-state index is 11.1. The van der Waals surface area contributed by atoms with E-state index in [9.17, 15) is 19.8 Å². The van der Waals surface area contributed by atoms with Crippen molar-refractivity contribution in [3.05, 3.63) is 42.0 Å². The number of rotatable bonds is 4. The summed E-state index contributed by atoms with van der Waals surface area (Å²) in [5.74, 6) is -2.47. The highest BCUT2D eigenvalue weighted by atomic mass is 32.2. The van der Waals surface area contributed by atoms with Gasteiger partial charge in [0.05, 0.1) is 11.9 Å². The standard InChI is InChI=1S/C14H12O4S/c1-8(13(15)16)19-11-7-3-5-9-4-2-6-10(12(9)11)14(17)18/h2-8H,1H3,(H,15,16)(H,17,18)/p-2/t8-/m1/s1. The maximum atomic E-state index is 11.1. The molecule has 2 rings (SSSR count). The van der Waals surface area contributed by atoms with Crippen LogP contribution in [0.3, 0.4) is 0 Å². The van der Waals surface area contributed by atoms with Gasteiger partial charge in [0.25, 0.3) is 0 Å². The third kappa shape index (κ3) is 2.71. The summed E-state index contributed by atoms with van der Waals surface area (Å²) >= 11 is 1.06. The van der Waals surface area contributed by atoms with Crippen molar-refractivity contribution in [2.75, 3.05) is 0 Å². The van der Waals surface area contributed by atoms with E-state index in [0.717, 1.165) is 17.1 Å². The van der Waals surface area contributed by atoms with Crippen LogP contribution in [-0.4, -0.2) is 17.2 Å². The topological polar surface area (TPSA) is 80.3 Å². The highest BCUT2D eigenvalue weighted by Gasteiger charge is 2.11. The Morgan fingerprint density at radius 1 is 1.11 bits per heavy atom. The molecule has 0 N–H and O–H groups in total. The number of thioether (sulfide) groups is 1. The molecule has 1 atom stereocenters. The number of fused-ring (bicyclic) bond motifs is 1. The van der Waals surface area contributed by atoms with E-state index < -0.39 is 17.2 Å². The van der Waals surface area contributed by atoms with Gasteiger partial charge < -0.3 is 19.8 Å². The lowest BCUT2D eigenvalue weighted by molar-refractivity contribution is -0.304. The second-order valence-corrected chi connectivity index (χ2v) is 5.41. The first kappa shape index (κ1) is 13.4. The van der Waals surface area contributed by atoms with Crippen LogP contribution in [0.4, 0.5) is 0 Å². The van der Waals surface area contributed by atoms with Gasteiger partial charge in [-0.1, -0.05) is 30.3 Å². The molecule has 0 heterocycles. The van der Waals surface area contributed by atoms with Gasteiger partial charge in [0.2, 0.25) is 0 Å². The monoisotopic (exact) mass is 274 g/mol. The van der Waals surface area contributed by atoms with Gasteiger partial charge in [-0.25, -0.2) is 0 Å². The van der Waals surface area contributed by atoms with Crippen LogP contribution in [0.1, 0.15) is 17.3 Å². The van der Waals surface area contributed by atoms with E-state index in [0.29, 0.717) is 10.3 Å². The van der Waals surface area contributed by atoms with Gasteiger partial charge in [0.15, 0.2) is 0 Å². The zero-order valence-electron chi connectivity index (χ0n) is 10.1. The van der Waals surface area contributed by atoms with Crippen LogP contribution >= 0.6 is 11.8 Å². The molecule has 5 heteroatoms. The second-order valence-electron chi connectivity index (χ2n) is 4.03. The van der Waals surface area contributed by atoms with Crippen LogP contribution in [0.2, 0.25) is 0 Å². The van der Waals surface area contributed by atoms with E-state index in [1.807, 2.05) is 0 Å². The highest BCUT2D eigenvalue weighted by molar-refractivity contribution is 8.00. The Morgan fingerprint density at radius 3 is 2.32 bits per heavy atom. The molecular formula is C14H10O4S-2. The zero-order chi connectivity index (χ0) is 14.0. The smallest absolute Gasteiger partial charge is 0.0721 e. The van der Waals surface area contributed by atoms with Crippen LogP contribution < -0.4 is 10.2 Å². The third-order valence-electron chi connectivity index (χ3n) is 2.72. The summed E-state index contributed by atoms with van der Waals surface area (Å²) in [5.41, 5.74) is 0.0612. The fourth-order valence-electron chi connectivity index (χ4n) is 1.81. The number of aromatic carboxylic acids is 1. The van der Waals surface area contributed by atoms with Crippen molar-refractivity contribution in [2.24, 2.45) is 0 Å². The Morgan fingerprint density at radius 2 is 1.74 bits per heavy atom. The summed E-state index contributed by atoms with van der Waals surface area (Å²) in [6.07, 6.45) is 0. The SMILES string of the molecule is C[C@@H](Sc1cccc2cccc(C(=O)[O-])c12)C(=O)[O-]. The third-order valence-corrected chi connectivity index (χ3v) is 3.86. The van der Waals surface area contributed by atoms with Gasteiger partial charge in [0.1, 0.15) is 0 Å². The van der Waals surface area contributed by atoms with Gasteiger partial charge in [-0.05, 0) is 18.4 Å². The Hall–Kier alpha value is -2.01. The van der Waals surface area contributed by atoms with Crippen molar-refractivity contribution >= 4 is 34.5 Å². The largest absolute Gasteiger partial charge is 0.549 e. The van der Waals surface area contributed by atoms with Crippen LogP contribution in [0, 0.1) is 0 Å². The minimum atomic E-state index is -1.28. The van der Waals surface area contributed by atoms with Gasteiger partial charge in [-0.2, -0.15) is 0 Å². The first-order valence-corrected chi connectivity index (χ1v) is 6.49. The molecule has 2 aromatic rings. The molecule has 0 radical (unpaired) electrons. The molecule has 4 nitrogen and oxygen atoms in total. The minimum absolute atomic E-state index is 0.0612. The lowest BCUT2D eigenvalue weighted by Crippen LogP contribution is -2.31. The molecule has 2 aromatic carbocycles. The van der Waals surface area contributed by atoms with E-state index in [1.54, 1.807) is 30.3 Å². The fourth-order valence-corrected chi connectivity index (χ4v) is 2.79. The molecule has 98 valence electrons.